The molecule has 0 aromatic carbocycles. The Morgan fingerprint density at radius 3 is 2.29 bits per heavy atom. The SMILES string of the molecule is CC/C(C)=C\N=C(/NC)C(C)C(C)C. The maximum atomic E-state index is 4.48. The molecule has 0 aliphatic heterocycles. The van der Waals surface area contributed by atoms with E-state index < -0.39 is 0 Å². The minimum atomic E-state index is 0.487. The third-order valence-electron chi connectivity index (χ3n) is 2.67. The van der Waals surface area contributed by atoms with Crippen LogP contribution in [0.4, 0.5) is 0 Å². The molecule has 0 aromatic rings. The average molecular weight is 196 g/mol. The summed E-state index contributed by atoms with van der Waals surface area (Å²) >= 11 is 0. The fourth-order valence-electron chi connectivity index (χ4n) is 0.997. The fraction of sp³-hybridized carbons (Fsp3) is 0.750. The lowest BCUT2D eigenvalue weighted by Gasteiger charge is -2.17. The Kier molecular flexibility index (Phi) is 6.26. The summed E-state index contributed by atoms with van der Waals surface area (Å²) in [7, 11) is 1.94. The van der Waals surface area contributed by atoms with E-state index in [-0.39, 0.29) is 0 Å². The minimum Gasteiger partial charge on any atom is -0.376 e. The van der Waals surface area contributed by atoms with Crippen LogP contribution < -0.4 is 5.32 Å². The Labute approximate surface area is 88.5 Å². The number of nitrogens with one attached hydrogen (secondary N) is 1. The second-order valence-corrected chi connectivity index (χ2v) is 4.13. The Morgan fingerprint density at radius 2 is 1.93 bits per heavy atom. The van der Waals surface area contributed by atoms with E-state index in [0.717, 1.165) is 12.3 Å². The Balaban J connectivity index is 4.55. The van der Waals surface area contributed by atoms with E-state index >= 15 is 0 Å². The van der Waals surface area contributed by atoms with Crippen LogP contribution >= 0.6 is 0 Å². The Hall–Kier alpha value is -0.790. The molecule has 1 N–H and O–H groups in total. The molecule has 0 saturated heterocycles. The molecule has 0 heterocycles. The lowest BCUT2D eigenvalue weighted by Crippen LogP contribution is -2.28. The van der Waals surface area contributed by atoms with Gasteiger partial charge < -0.3 is 5.32 Å². The van der Waals surface area contributed by atoms with Crippen molar-refractivity contribution >= 4 is 5.84 Å². The summed E-state index contributed by atoms with van der Waals surface area (Å²) in [5.74, 6) is 2.19. The molecule has 0 aliphatic carbocycles. The summed E-state index contributed by atoms with van der Waals surface area (Å²) < 4.78 is 0. The first-order valence-electron chi connectivity index (χ1n) is 5.44. The summed E-state index contributed by atoms with van der Waals surface area (Å²) in [6.07, 6.45) is 3.03. The summed E-state index contributed by atoms with van der Waals surface area (Å²) in [4.78, 5) is 4.48. The van der Waals surface area contributed by atoms with E-state index in [9.17, 15) is 0 Å². The summed E-state index contributed by atoms with van der Waals surface area (Å²) in [5, 5.41) is 3.17. The predicted molar refractivity (Wildman–Crippen MR) is 64.5 cm³/mol. The molecule has 0 radical (unpaired) electrons. The first-order chi connectivity index (χ1) is 6.52. The van der Waals surface area contributed by atoms with Crippen LogP contribution in [0.2, 0.25) is 0 Å². The highest BCUT2D eigenvalue weighted by Crippen LogP contribution is 2.11. The molecule has 0 fully saturated rings. The summed E-state index contributed by atoms with van der Waals surface area (Å²) in [6.45, 7) is 10.9. The molecule has 0 aliphatic rings. The van der Waals surface area contributed by atoms with Crippen molar-refractivity contribution in [3.8, 4) is 0 Å². The van der Waals surface area contributed by atoms with Gasteiger partial charge in [-0.05, 0) is 19.3 Å². The van der Waals surface area contributed by atoms with Gasteiger partial charge in [0.05, 0.1) is 0 Å². The number of rotatable bonds is 4. The van der Waals surface area contributed by atoms with Crippen molar-refractivity contribution < 1.29 is 0 Å². The van der Waals surface area contributed by atoms with Crippen molar-refractivity contribution in [3.05, 3.63) is 11.8 Å². The highest BCUT2D eigenvalue weighted by molar-refractivity contribution is 5.84. The van der Waals surface area contributed by atoms with Crippen LogP contribution in [0.15, 0.2) is 16.8 Å². The molecule has 0 bridgehead atoms. The van der Waals surface area contributed by atoms with Gasteiger partial charge in [0.1, 0.15) is 5.84 Å². The smallest absolute Gasteiger partial charge is 0.104 e. The van der Waals surface area contributed by atoms with Crippen LogP contribution in [0, 0.1) is 11.8 Å². The molecule has 0 aromatic heterocycles. The van der Waals surface area contributed by atoms with Gasteiger partial charge in [0, 0.05) is 19.2 Å². The third kappa shape index (κ3) is 4.45. The van der Waals surface area contributed by atoms with Crippen LogP contribution in [0.25, 0.3) is 0 Å². The maximum Gasteiger partial charge on any atom is 0.104 e. The van der Waals surface area contributed by atoms with Gasteiger partial charge in [-0.15, -0.1) is 0 Å². The molecule has 82 valence electrons. The normalized spacial score (nSPS) is 15.9. The largest absolute Gasteiger partial charge is 0.376 e. The van der Waals surface area contributed by atoms with Crippen molar-refractivity contribution in [2.24, 2.45) is 16.8 Å². The third-order valence-corrected chi connectivity index (χ3v) is 2.67. The zero-order valence-corrected chi connectivity index (χ0v) is 10.4. The fourth-order valence-corrected chi connectivity index (χ4v) is 0.997. The molecule has 1 unspecified atom stereocenters. The van der Waals surface area contributed by atoms with E-state index in [1.165, 1.54) is 5.57 Å². The molecule has 1 atom stereocenters. The average Bonchev–Trinajstić information content (AvgIpc) is 2.17. The minimum absolute atomic E-state index is 0.487. The Morgan fingerprint density at radius 1 is 1.36 bits per heavy atom. The summed E-state index contributed by atoms with van der Waals surface area (Å²) in [5.41, 5.74) is 1.31. The van der Waals surface area contributed by atoms with Crippen LogP contribution in [0.3, 0.4) is 0 Å². The quantitative estimate of drug-likeness (QED) is 0.542. The molecule has 0 saturated carbocycles. The number of aliphatic imine (C=N–C) groups is 1. The van der Waals surface area contributed by atoms with E-state index in [4.69, 9.17) is 0 Å². The molecule has 0 rings (SSSR count). The van der Waals surface area contributed by atoms with Gasteiger partial charge in [0.25, 0.3) is 0 Å². The molecular formula is C12H24N2. The molecule has 14 heavy (non-hydrogen) atoms. The van der Waals surface area contributed by atoms with Crippen molar-refractivity contribution in [2.75, 3.05) is 7.05 Å². The zero-order chi connectivity index (χ0) is 11.1. The van der Waals surface area contributed by atoms with Gasteiger partial charge >= 0.3 is 0 Å². The molecular weight excluding hydrogens is 172 g/mol. The lowest BCUT2D eigenvalue weighted by molar-refractivity contribution is 0.522. The van der Waals surface area contributed by atoms with E-state index in [0.29, 0.717) is 11.8 Å². The van der Waals surface area contributed by atoms with Crippen molar-refractivity contribution in [1.29, 1.82) is 0 Å². The van der Waals surface area contributed by atoms with Crippen LogP contribution in [-0.2, 0) is 0 Å². The van der Waals surface area contributed by atoms with Gasteiger partial charge in [-0.25, -0.2) is 4.99 Å². The van der Waals surface area contributed by atoms with Crippen molar-refractivity contribution in [3.63, 3.8) is 0 Å². The highest BCUT2D eigenvalue weighted by atomic mass is 15.0. The molecule has 0 amide bonds. The number of allylic oxidation sites excluding steroid dienone is 1. The van der Waals surface area contributed by atoms with E-state index in [1.807, 2.05) is 13.2 Å². The standard InChI is InChI=1S/C12H24N2/c1-7-10(4)8-14-12(13-6)11(5)9(2)3/h8-9,11H,7H2,1-6H3,(H,13,14)/b10-8-. The number of hydrogen-bond donors (Lipinski definition) is 1. The molecule has 2 nitrogen and oxygen atoms in total. The van der Waals surface area contributed by atoms with Gasteiger partial charge in [-0.2, -0.15) is 0 Å². The van der Waals surface area contributed by atoms with E-state index in [2.05, 4.69) is 44.9 Å². The maximum absolute atomic E-state index is 4.48. The highest BCUT2D eigenvalue weighted by Gasteiger charge is 2.12. The van der Waals surface area contributed by atoms with Gasteiger partial charge in [-0.3, -0.25) is 0 Å². The Bertz CT molecular complexity index is 214. The summed E-state index contributed by atoms with van der Waals surface area (Å²) in [6, 6.07) is 0. The second kappa shape index (κ2) is 6.63. The van der Waals surface area contributed by atoms with Gasteiger partial charge in [-0.1, -0.05) is 33.3 Å². The topological polar surface area (TPSA) is 24.4 Å². The zero-order valence-electron chi connectivity index (χ0n) is 10.4. The first-order valence-corrected chi connectivity index (χ1v) is 5.44. The number of hydrogen-bond acceptors (Lipinski definition) is 1. The molecule has 0 spiro atoms. The van der Waals surface area contributed by atoms with Crippen molar-refractivity contribution in [1.82, 2.24) is 5.32 Å². The lowest BCUT2D eigenvalue weighted by atomic mass is 9.97. The number of nitrogens with zero attached hydrogens (tertiary/aromatic N) is 1. The van der Waals surface area contributed by atoms with Crippen LogP contribution in [0.1, 0.15) is 41.0 Å². The number of amidine groups is 1. The molecule has 2 heteroatoms. The van der Waals surface area contributed by atoms with Crippen LogP contribution in [0.5, 0.6) is 0 Å². The van der Waals surface area contributed by atoms with Gasteiger partial charge in [0.2, 0.25) is 0 Å². The predicted octanol–water partition coefficient (Wildman–Crippen LogP) is 3.21. The van der Waals surface area contributed by atoms with E-state index in [1.54, 1.807) is 0 Å². The monoisotopic (exact) mass is 196 g/mol. The van der Waals surface area contributed by atoms with Crippen molar-refractivity contribution in [2.45, 2.75) is 41.0 Å². The first kappa shape index (κ1) is 13.2. The van der Waals surface area contributed by atoms with Gasteiger partial charge in [0.15, 0.2) is 0 Å². The second-order valence-electron chi connectivity index (χ2n) is 4.13. The van der Waals surface area contributed by atoms with Crippen LogP contribution in [-0.4, -0.2) is 12.9 Å².